The van der Waals surface area contributed by atoms with Gasteiger partial charge in [-0.2, -0.15) is 40.4 Å². The highest BCUT2D eigenvalue weighted by Gasteiger charge is 2.38. The summed E-state index contributed by atoms with van der Waals surface area (Å²) in [6, 6.07) is 15.7. The maximum absolute atomic E-state index is 14.2. The summed E-state index contributed by atoms with van der Waals surface area (Å²) in [5, 5.41) is 59.2. The number of hydrogen-bond acceptors (Lipinski definition) is 8. The highest BCUT2D eigenvalue weighted by Crippen LogP contribution is 2.54. The molecule has 0 spiro atoms. The van der Waals surface area contributed by atoms with Crippen LogP contribution in [0, 0.1) is 91.5 Å². The van der Waals surface area contributed by atoms with E-state index in [4.69, 9.17) is 0 Å². The molecule has 3 aromatic rings. The Hall–Kier alpha value is -6.86. The molecular weight excluding hydrogens is 548 g/mol. The Bertz CT molecular complexity index is 1970. The van der Waals surface area contributed by atoms with E-state index >= 15 is 0 Å². The highest BCUT2D eigenvalue weighted by atomic mass is 19.1. The number of aromatic nitrogens is 2. The molecule has 0 fully saturated rings. The van der Waals surface area contributed by atoms with Crippen LogP contribution in [0.15, 0.2) is 47.5 Å². The summed E-state index contributed by atoms with van der Waals surface area (Å²) < 4.78 is 56.7. The average molecular weight is 554 g/mol. The minimum Gasteiger partial charge on any atom is -0.219 e. The summed E-state index contributed by atoms with van der Waals surface area (Å²) in [5.74, 6) is -4.59. The number of nitrogens with zero attached hydrogens (tertiary/aromatic N) is 8. The quantitative estimate of drug-likeness (QED) is 0.226. The van der Waals surface area contributed by atoms with Crippen LogP contribution in [-0.4, -0.2) is 9.97 Å². The van der Waals surface area contributed by atoms with Gasteiger partial charge in [-0.05, 0) is 23.3 Å². The normalized spacial score (nSPS) is 12.8. The fourth-order valence-corrected chi connectivity index (χ4v) is 4.94. The van der Waals surface area contributed by atoms with Gasteiger partial charge < -0.3 is 0 Å². The molecule has 12 heteroatoms. The van der Waals surface area contributed by atoms with Crippen LogP contribution in [0.1, 0.15) is 33.6 Å². The average Bonchev–Trinajstić information content (AvgIpc) is 3.44. The second-order valence-electron chi connectivity index (χ2n) is 8.60. The molecule has 0 bridgehead atoms. The number of fused-ring (bicyclic) bond motifs is 2. The van der Waals surface area contributed by atoms with Crippen LogP contribution < -0.4 is 0 Å². The van der Waals surface area contributed by atoms with E-state index in [1.807, 2.05) is 12.1 Å². The number of allylic oxidation sites excluding steroid dienone is 8. The lowest BCUT2D eigenvalue weighted by molar-refractivity contribution is 0.549. The molecule has 5 rings (SSSR count). The van der Waals surface area contributed by atoms with Gasteiger partial charge in [-0.25, -0.2) is 18.7 Å². The van der Waals surface area contributed by atoms with Gasteiger partial charge in [0, 0.05) is 57.7 Å². The molecule has 8 nitrogen and oxygen atoms in total. The number of halogens is 4. The van der Waals surface area contributed by atoms with Crippen LogP contribution in [0.5, 0.6) is 0 Å². The molecule has 2 aliphatic carbocycles. The number of rotatable bonds is 2. The third-order valence-electron chi connectivity index (χ3n) is 6.44. The van der Waals surface area contributed by atoms with Gasteiger partial charge in [-0.3, -0.25) is 0 Å². The van der Waals surface area contributed by atoms with Crippen molar-refractivity contribution in [2.45, 2.75) is 0 Å². The van der Waals surface area contributed by atoms with Gasteiger partial charge in [0.1, 0.15) is 59.2 Å². The molecule has 0 N–H and O–H groups in total. The van der Waals surface area contributed by atoms with E-state index in [0.29, 0.717) is 12.1 Å². The molecule has 2 aromatic heterocycles. The van der Waals surface area contributed by atoms with Gasteiger partial charge in [-0.15, -0.1) is 0 Å². The van der Waals surface area contributed by atoms with Gasteiger partial charge in [0.15, 0.2) is 0 Å². The van der Waals surface area contributed by atoms with Gasteiger partial charge in [0.25, 0.3) is 0 Å². The summed E-state index contributed by atoms with van der Waals surface area (Å²) in [7, 11) is 0. The molecule has 0 aliphatic heterocycles. The Labute approximate surface area is 233 Å². The third-order valence-corrected chi connectivity index (χ3v) is 6.44. The Morgan fingerprint density at radius 1 is 0.500 bits per heavy atom. The Kier molecular flexibility index (Phi) is 6.38. The fraction of sp³-hybridized carbons (Fsp3) is 0. The monoisotopic (exact) mass is 554 g/mol. The molecule has 42 heavy (non-hydrogen) atoms. The van der Waals surface area contributed by atoms with Crippen LogP contribution in [0.2, 0.25) is 0 Å². The third kappa shape index (κ3) is 3.95. The fourth-order valence-electron chi connectivity index (χ4n) is 4.94. The summed E-state index contributed by atoms with van der Waals surface area (Å²) >= 11 is 0. The van der Waals surface area contributed by atoms with Gasteiger partial charge in [0.05, 0.1) is 22.5 Å². The number of benzene rings is 1. The predicted molar refractivity (Wildman–Crippen MR) is 136 cm³/mol. The predicted octanol–water partition coefficient (Wildman–Crippen LogP) is 5.53. The van der Waals surface area contributed by atoms with E-state index < -0.39 is 46.1 Å². The lowest BCUT2D eigenvalue weighted by atomic mass is 9.90. The number of pyridine rings is 2. The Morgan fingerprint density at radius 2 is 0.857 bits per heavy atom. The van der Waals surface area contributed by atoms with E-state index in [9.17, 15) is 49.1 Å². The highest BCUT2D eigenvalue weighted by molar-refractivity contribution is 6.29. The van der Waals surface area contributed by atoms with E-state index in [2.05, 4.69) is 9.97 Å². The van der Waals surface area contributed by atoms with Crippen LogP contribution in [0.25, 0.3) is 33.4 Å². The molecule has 0 saturated heterocycles. The molecule has 0 unspecified atom stereocenters. The van der Waals surface area contributed by atoms with E-state index in [0.717, 1.165) is 12.1 Å². The lowest BCUT2D eigenvalue weighted by Gasteiger charge is -2.11. The summed E-state index contributed by atoms with van der Waals surface area (Å²) in [5.41, 5.74) is -3.28. The second-order valence-corrected chi connectivity index (χ2v) is 8.60. The number of hydrogen-bond donors (Lipinski definition) is 0. The zero-order valence-electron chi connectivity index (χ0n) is 20.6. The Balaban J connectivity index is 1.96. The van der Waals surface area contributed by atoms with Crippen LogP contribution in [-0.2, 0) is 0 Å². The number of nitriles is 6. The van der Waals surface area contributed by atoms with E-state index in [1.54, 1.807) is 24.3 Å². The SMILES string of the molecule is N#CC(C#N)=C1C(c2cc(F)cc(F)n2)=C(C#N)c2cc3c(cc21)C(=C(C#N)C#N)C(c1cc(F)cc(F)n1)=C3C#N. The van der Waals surface area contributed by atoms with Gasteiger partial charge in [-0.1, -0.05) is 0 Å². The largest absolute Gasteiger partial charge is 0.219 e. The smallest absolute Gasteiger partial charge is 0.216 e. The van der Waals surface area contributed by atoms with E-state index in [-0.39, 0.29) is 55.7 Å². The van der Waals surface area contributed by atoms with Crippen LogP contribution in [0.3, 0.4) is 0 Å². The molecule has 0 atom stereocenters. The summed E-state index contributed by atoms with van der Waals surface area (Å²) in [6.07, 6.45) is 0. The van der Waals surface area contributed by atoms with Crippen molar-refractivity contribution < 1.29 is 17.6 Å². The second kappa shape index (κ2) is 10.0. The first-order chi connectivity index (χ1) is 20.2. The molecule has 0 radical (unpaired) electrons. The summed E-state index contributed by atoms with van der Waals surface area (Å²) in [6.45, 7) is 0. The first-order valence-corrected chi connectivity index (χ1v) is 11.5. The maximum atomic E-state index is 14.2. The molecule has 0 amide bonds. The zero-order valence-corrected chi connectivity index (χ0v) is 20.6. The van der Waals surface area contributed by atoms with Crippen molar-refractivity contribution in [1.29, 1.82) is 31.6 Å². The maximum Gasteiger partial charge on any atom is 0.216 e. The van der Waals surface area contributed by atoms with Crippen molar-refractivity contribution in [1.82, 2.24) is 9.97 Å². The first kappa shape index (κ1) is 26.7. The molecule has 1 aromatic carbocycles. The van der Waals surface area contributed by atoms with Crippen molar-refractivity contribution in [3.8, 4) is 36.4 Å². The van der Waals surface area contributed by atoms with Crippen molar-refractivity contribution >= 4 is 33.4 Å². The topological polar surface area (TPSA) is 169 Å². The van der Waals surface area contributed by atoms with Crippen molar-refractivity contribution in [2.24, 2.45) is 0 Å². The lowest BCUT2D eigenvalue weighted by Crippen LogP contribution is -1.99. The molecule has 2 aliphatic rings. The zero-order chi connectivity index (χ0) is 30.3. The first-order valence-electron chi connectivity index (χ1n) is 11.5. The van der Waals surface area contributed by atoms with Crippen LogP contribution >= 0.6 is 0 Å². The summed E-state index contributed by atoms with van der Waals surface area (Å²) in [4.78, 5) is 7.28. The van der Waals surface area contributed by atoms with Crippen molar-refractivity contribution in [2.75, 3.05) is 0 Å². The van der Waals surface area contributed by atoms with Gasteiger partial charge in [0.2, 0.25) is 11.9 Å². The minimum atomic E-state index is -1.24. The molecule has 2 heterocycles. The minimum absolute atomic E-state index is 0.00882. The van der Waals surface area contributed by atoms with Crippen molar-refractivity contribution in [3.05, 3.63) is 105 Å². The standard InChI is InChI=1S/C30H6F4N8/c31-15-1-23(41-25(33)3-15)29-21(11-39)17-5-18-20(6-19(17)27(29)13(7-35)8-36)28(14(9-37)10-38)30(22(18)12-40)24-2-16(32)4-26(34)42-24/h1-6H. The van der Waals surface area contributed by atoms with Crippen molar-refractivity contribution in [3.63, 3.8) is 0 Å². The van der Waals surface area contributed by atoms with Gasteiger partial charge >= 0.3 is 0 Å². The molecular formula is C30H6F4N8. The molecule has 194 valence electrons. The Morgan fingerprint density at radius 3 is 1.17 bits per heavy atom. The van der Waals surface area contributed by atoms with E-state index in [1.165, 1.54) is 12.1 Å². The van der Waals surface area contributed by atoms with Crippen LogP contribution in [0.4, 0.5) is 17.6 Å². The molecule has 0 saturated carbocycles.